The second-order valence-electron chi connectivity index (χ2n) is 9.31. The maximum absolute atomic E-state index is 13.6. The third-order valence-corrected chi connectivity index (χ3v) is 7.59. The van der Waals surface area contributed by atoms with Gasteiger partial charge in [-0.3, -0.25) is 4.79 Å². The van der Waals surface area contributed by atoms with Gasteiger partial charge in [0.1, 0.15) is 0 Å². The number of nitrogens with one attached hydrogen (secondary N) is 1. The predicted octanol–water partition coefficient (Wildman–Crippen LogP) is 6.23. The summed E-state index contributed by atoms with van der Waals surface area (Å²) in [6.45, 7) is 2.19. The lowest BCUT2D eigenvalue weighted by Gasteiger charge is -2.39. The van der Waals surface area contributed by atoms with Gasteiger partial charge < -0.3 is 10.2 Å². The monoisotopic (exact) mass is 400 g/mol. The summed E-state index contributed by atoms with van der Waals surface area (Å²) in [5, 5.41) is 3.85. The number of anilines is 1. The van der Waals surface area contributed by atoms with E-state index in [2.05, 4.69) is 60.8 Å². The van der Waals surface area contributed by atoms with Crippen molar-refractivity contribution in [3.8, 4) is 0 Å². The summed E-state index contributed by atoms with van der Waals surface area (Å²) < 4.78 is 0. The smallest absolute Gasteiger partial charge is 0.255 e. The molecule has 0 saturated heterocycles. The van der Waals surface area contributed by atoms with Gasteiger partial charge in [0.05, 0.1) is 17.3 Å². The minimum absolute atomic E-state index is 0.162. The first kappa shape index (κ1) is 19.4. The maximum atomic E-state index is 13.6. The van der Waals surface area contributed by atoms with Gasteiger partial charge in [-0.2, -0.15) is 0 Å². The van der Waals surface area contributed by atoms with Crippen molar-refractivity contribution in [3.05, 3.63) is 76.9 Å². The van der Waals surface area contributed by atoms with Gasteiger partial charge in [-0.25, -0.2) is 0 Å². The number of carbonyl (C=O) groups is 1. The van der Waals surface area contributed by atoms with Crippen LogP contribution >= 0.6 is 0 Å². The van der Waals surface area contributed by atoms with E-state index >= 15 is 0 Å². The van der Waals surface area contributed by atoms with Crippen LogP contribution < -0.4 is 5.32 Å². The van der Waals surface area contributed by atoms with E-state index < -0.39 is 0 Å². The van der Waals surface area contributed by atoms with E-state index in [9.17, 15) is 4.79 Å². The van der Waals surface area contributed by atoms with Crippen LogP contribution in [0.25, 0.3) is 0 Å². The van der Waals surface area contributed by atoms with Crippen molar-refractivity contribution in [2.75, 3.05) is 12.4 Å². The number of para-hydroxylation sites is 1. The van der Waals surface area contributed by atoms with Gasteiger partial charge in [-0.1, -0.05) is 67.8 Å². The number of fused-ring (bicyclic) bond motifs is 3. The molecule has 30 heavy (non-hydrogen) atoms. The van der Waals surface area contributed by atoms with Crippen molar-refractivity contribution in [3.63, 3.8) is 0 Å². The van der Waals surface area contributed by atoms with Crippen LogP contribution in [0.1, 0.15) is 77.5 Å². The maximum Gasteiger partial charge on any atom is 0.255 e. The van der Waals surface area contributed by atoms with E-state index in [1.807, 2.05) is 18.0 Å². The minimum Gasteiger partial charge on any atom is -0.377 e. The molecule has 1 N–H and O–H groups in total. The van der Waals surface area contributed by atoms with Gasteiger partial charge >= 0.3 is 0 Å². The first-order valence-corrected chi connectivity index (χ1v) is 11.5. The number of aryl methyl sites for hydroxylation is 1. The fraction of sp³-hybridized carbons (Fsp3) is 0.444. The van der Waals surface area contributed by atoms with Crippen molar-refractivity contribution in [1.82, 2.24) is 4.90 Å². The average molecular weight is 401 g/mol. The molecule has 2 aromatic carbocycles. The summed E-state index contributed by atoms with van der Waals surface area (Å²) in [4.78, 5) is 15.6. The molecule has 2 aliphatic carbocycles. The van der Waals surface area contributed by atoms with Crippen molar-refractivity contribution in [2.24, 2.45) is 5.92 Å². The first-order chi connectivity index (χ1) is 14.6. The Kier molecular flexibility index (Phi) is 5.14. The summed E-state index contributed by atoms with van der Waals surface area (Å²) in [6.07, 6.45) is 11.8. The zero-order chi connectivity index (χ0) is 20.7. The Morgan fingerprint density at radius 3 is 2.57 bits per heavy atom. The highest BCUT2D eigenvalue weighted by Gasteiger charge is 2.40. The molecule has 1 heterocycles. The topological polar surface area (TPSA) is 32.3 Å². The van der Waals surface area contributed by atoms with Gasteiger partial charge in [0, 0.05) is 19.0 Å². The molecule has 1 amide bonds. The Hall–Kier alpha value is -2.55. The Morgan fingerprint density at radius 2 is 1.77 bits per heavy atom. The quantitative estimate of drug-likeness (QED) is 0.620. The van der Waals surface area contributed by atoms with Crippen LogP contribution in [0.4, 0.5) is 5.69 Å². The van der Waals surface area contributed by atoms with Crippen LogP contribution in [-0.2, 0) is 0 Å². The molecule has 2 aromatic rings. The lowest BCUT2D eigenvalue weighted by molar-refractivity contribution is 0.0697. The number of benzene rings is 2. The van der Waals surface area contributed by atoms with E-state index in [1.165, 1.54) is 36.0 Å². The fourth-order valence-electron chi connectivity index (χ4n) is 5.87. The van der Waals surface area contributed by atoms with Gasteiger partial charge in [-0.15, -0.1) is 0 Å². The van der Waals surface area contributed by atoms with Crippen molar-refractivity contribution in [2.45, 2.75) is 63.5 Å². The highest BCUT2D eigenvalue weighted by atomic mass is 16.2. The van der Waals surface area contributed by atoms with Gasteiger partial charge in [-0.05, 0) is 54.9 Å². The number of hydrogen-bond donors (Lipinski definition) is 1. The number of rotatable bonds is 3. The lowest BCUT2D eigenvalue weighted by atomic mass is 9.75. The van der Waals surface area contributed by atoms with E-state index in [4.69, 9.17) is 0 Å². The highest BCUT2D eigenvalue weighted by molar-refractivity contribution is 6.01. The largest absolute Gasteiger partial charge is 0.377 e. The van der Waals surface area contributed by atoms with E-state index in [-0.39, 0.29) is 11.9 Å². The van der Waals surface area contributed by atoms with Crippen LogP contribution in [0.2, 0.25) is 0 Å². The zero-order valence-corrected chi connectivity index (χ0v) is 18.1. The summed E-state index contributed by atoms with van der Waals surface area (Å²) in [5.41, 5.74) is 5.82. The molecule has 0 aromatic heterocycles. The van der Waals surface area contributed by atoms with Crippen molar-refractivity contribution >= 4 is 11.6 Å². The molecule has 1 saturated carbocycles. The molecular formula is C27H32N2O. The summed E-state index contributed by atoms with van der Waals surface area (Å²) in [5.74, 6) is 1.04. The van der Waals surface area contributed by atoms with Crippen LogP contribution in [0, 0.1) is 12.8 Å². The minimum atomic E-state index is 0.162. The fourth-order valence-corrected chi connectivity index (χ4v) is 5.87. The first-order valence-electron chi connectivity index (χ1n) is 11.5. The Labute approximate surface area is 180 Å². The zero-order valence-electron chi connectivity index (χ0n) is 18.1. The summed E-state index contributed by atoms with van der Waals surface area (Å²) in [6, 6.07) is 15.6. The SMILES string of the molecule is Cc1ccccc1C1Nc2c(C(=O)N(C)C3CCCCC3)cccc2C2C=CCC21. The molecule has 3 aliphatic rings. The van der Waals surface area contributed by atoms with Crippen LogP contribution in [0.3, 0.4) is 0 Å². The molecule has 1 aliphatic heterocycles. The number of carbonyl (C=O) groups excluding carboxylic acids is 1. The Bertz CT molecular complexity index is 973. The number of amides is 1. The molecule has 0 spiro atoms. The van der Waals surface area contributed by atoms with Crippen LogP contribution in [-0.4, -0.2) is 23.9 Å². The molecule has 156 valence electrons. The third-order valence-electron chi connectivity index (χ3n) is 7.59. The second-order valence-corrected chi connectivity index (χ2v) is 9.31. The van der Waals surface area contributed by atoms with Crippen LogP contribution in [0.15, 0.2) is 54.6 Å². The molecule has 0 bridgehead atoms. The van der Waals surface area contributed by atoms with Crippen molar-refractivity contribution in [1.29, 1.82) is 0 Å². The molecule has 3 heteroatoms. The standard InChI is InChI=1S/C27H32N2O/c1-18-10-6-7-13-20(18)25-22-15-8-14-21(22)23-16-9-17-24(26(23)28-25)27(30)29(2)19-11-4-3-5-12-19/h6-10,13-14,16-17,19,21-22,25,28H,3-5,11-12,15H2,1-2H3. The third kappa shape index (κ3) is 3.25. The predicted molar refractivity (Wildman–Crippen MR) is 123 cm³/mol. The number of allylic oxidation sites excluding steroid dienone is 2. The molecule has 5 rings (SSSR count). The van der Waals surface area contributed by atoms with E-state index in [1.54, 1.807) is 0 Å². The summed E-state index contributed by atoms with van der Waals surface area (Å²) in [7, 11) is 2.00. The molecule has 0 radical (unpaired) electrons. The Morgan fingerprint density at radius 1 is 1.00 bits per heavy atom. The lowest BCUT2D eigenvalue weighted by Crippen LogP contribution is -2.39. The normalized spacial score (nSPS) is 25.3. The van der Waals surface area contributed by atoms with Gasteiger partial charge in [0.25, 0.3) is 5.91 Å². The molecule has 3 nitrogen and oxygen atoms in total. The molecule has 3 atom stereocenters. The van der Waals surface area contributed by atoms with Gasteiger partial charge in [0.15, 0.2) is 0 Å². The Balaban J connectivity index is 1.53. The average Bonchev–Trinajstić information content (AvgIpc) is 3.28. The van der Waals surface area contributed by atoms with Crippen LogP contribution in [0.5, 0.6) is 0 Å². The molecule has 1 fully saturated rings. The number of hydrogen-bond acceptors (Lipinski definition) is 2. The summed E-state index contributed by atoms with van der Waals surface area (Å²) >= 11 is 0. The highest BCUT2D eigenvalue weighted by Crippen LogP contribution is 2.51. The molecule has 3 unspecified atom stereocenters. The van der Waals surface area contributed by atoms with E-state index in [0.29, 0.717) is 17.9 Å². The van der Waals surface area contributed by atoms with Gasteiger partial charge in [0.2, 0.25) is 0 Å². The van der Waals surface area contributed by atoms with E-state index in [0.717, 1.165) is 30.5 Å². The molecular weight excluding hydrogens is 368 g/mol. The second kappa shape index (κ2) is 7.94. The number of nitrogens with zero attached hydrogens (tertiary/aromatic N) is 1. The van der Waals surface area contributed by atoms with Crippen molar-refractivity contribution < 1.29 is 4.79 Å².